The number of benzene rings is 1. The number of carbonyl (C=O) groups is 2. The van der Waals surface area contributed by atoms with Crippen LogP contribution in [0.3, 0.4) is 0 Å². The van der Waals surface area contributed by atoms with Crippen molar-refractivity contribution in [3.63, 3.8) is 0 Å². The predicted molar refractivity (Wildman–Crippen MR) is 83.8 cm³/mol. The molecule has 6 heteroatoms. The molecule has 1 aromatic rings. The van der Waals surface area contributed by atoms with Gasteiger partial charge in [-0.05, 0) is 24.4 Å². The molecule has 0 atom stereocenters. The van der Waals surface area contributed by atoms with Gasteiger partial charge in [0.25, 0.3) is 5.91 Å². The van der Waals surface area contributed by atoms with E-state index in [9.17, 15) is 9.59 Å². The van der Waals surface area contributed by atoms with Crippen molar-refractivity contribution in [3.8, 4) is 0 Å². The predicted octanol–water partition coefficient (Wildman–Crippen LogP) is 1.53. The van der Waals surface area contributed by atoms with E-state index in [-0.39, 0.29) is 5.91 Å². The van der Waals surface area contributed by atoms with Gasteiger partial charge in [0.1, 0.15) is 0 Å². The van der Waals surface area contributed by atoms with Crippen LogP contribution in [0.25, 0.3) is 0 Å². The van der Waals surface area contributed by atoms with E-state index >= 15 is 0 Å². The van der Waals surface area contributed by atoms with Crippen LogP contribution in [0.1, 0.15) is 26.3 Å². The maximum absolute atomic E-state index is 12.4. The highest BCUT2D eigenvalue weighted by atomic mass is 16.5. The highest BCUT2D eigenvalue weighted by Gasteiger charge is 2.28. The zero-order valence-electron chi connectivity index (χ0n) is 12.8. The lowest BCUT2D eigenvalue weighted by Crippen LogP contribution is -2.31. The van der Waals surface area contributed by atoms with Gasteiger partial charge in [0, 0.05) is 44.6 Å². The molecule has 0 aromatic heterocycles. The van der Waals surface area contributed by atoms with Crippen molar-refractivity contribution < 1.29 is 14.3 Å². The summed E-state index contributed by atoms with van der Waals surface area (Å²) in [5, 5.41) is 0. The summed E-state index contributed by atoms with van der Waals surface area (Å²) in [5.74, 6) is -0.490. The van der Waals surface area contributed by atoms with E-state index in [4.69, 9.17) is 0 Å². The van der Waals surface area contributed by atoms with Crippen LogP contribution in [-0.4, -0.2) is 55.6 Å². The summed E-state index contributed by atoms with van der Waals surface area (Å²) in [6.07, 6.45) is 3.40. The molecular weight excluding hydrogens is 282 g/mol. The zero-order valence-corrected chi connectivity index (χ0v) is 12.8. The molecule has 116 valence electrons. The highest BCUT2D eigenvalue weighted by Crippen LogP contribution is 2.24. The standard InChI is InChI=1S/C16H19N3O3/c1-17-6-7-18(2)8-9-19-11-13-5-4-12(16(21)22-3)10-14(13)15(19)20/h4-7,10H,1,8-9,11H2,2-3H3/b7-6-. The Kier molecular flexibility index (Phi) is 4.93. The van der Waals surface area contributed by atoms with Crippen molar-refractivity contribution >= 4 is 18.6 Å². The van der Waals surface area contributed by atoms with E-state index in [1.165, 1.54) is 7.11 Å². The minimum Gasteiger partial charge on any atom is -0.465 e. The number of aliphatic imine (C=N–C) groups is 1. The number of ether oxygens (including phenoxy) is 1. The smallest absolute Gasteiger partial charge is 0.337 e. The first-order valence-electron chi connectivity index (χ1n) is 6.90. The monoisotopic (exact) mass is 301 g/mol. The number of amides is 1. The summed E-state index contributed by atoms with van der Waals surface area (Å²) in [4.78, 5) is 31.3. The summed E-state index contributed by atoms with van der Waals surface area (Å²) >= 11 is 0. The number of nitrogens with zero attached hydrogens (tertiary/aromatic N) is 3. The lowest BCUT2D eigenvalue weighted by atomic mass is 10.1. The van der Waals surface area contributed by atoms with Crippen LogP contribution in [0, 0.1) is 0 Å². The van der Waals surface area contributed by atoms with Crippen LogP contribution >= 0.6 is 0 Å². The Balaban J connectivity index is 2.04. The summed E-state index contributed by atoms with van der Waals surface area (Å²) in [6, 6.07) is 5.10. The summed E-state index contributed by atoms with van der Waals surface area (Å²) in [7, 11) is 3.23. The quantitative estimate of drug-likeness (QED) is 0.590. The molecule has 1 aliphatic rings. The van der Waals surface area contributed by atoms with Crippen LogP contribution in [0.4, 0.5) is 0 Å². The molecule has 0 bridgehead atoms. The fourth-order valence-electron chi connectivity index (χ4n) is 2.30. The van der Waals surface area contributed by atoms with Crippen molar-refractivity contribution in [3.05, 3.63) is 47.3 Å². The third kappa shape index (κ3) is 3.33. The number of esters is 1. The van der Waals surface area contributed by atoms with E-state index < -0.39 is 5.97 Å². The molecule has 6 nitrogen and oxygen atoms in total. The summed E-state index contributed by atoms with van der Waals surface area (Å²) in [5.41, 5.74) is 1.91. The topological polar surface area (TPSA) is 62.2 Å². The first-order chi connectivity index (χ1) is 10.6. The lowest BCUT2D eigenvalue weighted by molar-refractivity contribution is 0.0600. The minimum absolute atomic E-state index is 0.0556. The van der Waals surface area contributed by atoms with Crippen molar-refractivity contribution in [1.29, 1.82) is 0 Å². The van der Waals surface area contributed by atoms with Crippen LogP contribution in [-0.2, 0) is 11.3 Å². The normalized spacial score (nSPS) is 13.4. The van der Waals surface area contributed by atoms with Gasteiger partial charge in [-0.1, -0.05) is 6.07 Å². The van der Waals surface area contributed by atoms with Crippen LogP contribution in [0.5, 0.6) is 0 Å². The largest absolute Gasteiger partial charge is 0.465 e. The highest BCUT2D eigenvalue weighted by molar-refractivity contribution is 6.01. The zero-order chi connectivity index (χ0) is 16.1. The van der Waals surface area contributed by atoms with E-state index in [2.05, 4.69) is 16.4 Å². The van der Waals surface area contributed by atoms with E-state index in [1.54, 1.807) is 29.4 Å². The number of hydrogen-bond donors (Lipinski definition) is 0. The SMILES string of the molecule is C=N/C=C\N(C)CCN1Cc2ccc(C(=O)OC)cc2C1=O. The van der Waals surface area contributed by atoms with Crippen molar-refractivity contribution in [2.24, 2.45) is 4.99 Å². The average molecular weight is 301 g/mol. The maximum Gasteiger partial charge on any atom is 0.337 e. The Bertz CT molecular complexity index is 625. The number of fused-ring (bicyclic) bond motifs is 1. The number of rotatable bonds is 6. The van der Waals surface area contributed by atoms with Gasteiger partial charge in [-0.15, -0.1) is 0 Å². The number of carbonyl (C=O) groups excluding carboxylic acids is 2. The summed E-state index contributed by atoms with van der Waals surface area (Å²) in [6.45, 7) is 5.22. The fraction of sp³-hybridized carbons (Fsp3) is 0.312. The first kappa shape index (κ1) is 15.8. The van der Waals surface area contributed by atoms with Gasteiger partial charge in [0.2, 0.25) is 0 Å². The van der Waals surface area contributed by atoms with Crippen LogP contribution in [0.15, 0.2) is 35.6 Å². The molecule has 0 saturated carbocycles. The van der Waals surface area contributed by atoms with E-state index in [0.717, 1.165) is 5.56 Å². The van der Waals surface area contributed by atoms with Crippen molar-refractivity contribution in [2.75, 3.05) is 27.2 Å². The molecular formula is C16H19N3O3. The third-order valence-corrected chi connectivity index (χ3v) is 3.56. The molecule has 1 amide bonds. The van der Waals surface area contributed by atoms with E-state index in [1.807, 2.05) is 18.0 Å². The molecule has 0 unspecified atom stereocenters. The molecule has 2 rings (SSSR count). The third-order valence-electron chi connectivity index (χ3n) is 3.56. The second kappa shape index (κ2) is 6.89. The number of methoxy groups -OCH3 is 1. The molecule has 1 heterocycles. The van der Waals surface area contributed by atoms with Crippen LogP contribution < -0.4 is 0 Å². The van der Waals surface area contributed by atoms with Crippen LogP contribution in [0.2, 0.25) is 0 Å². The molecule has 0 fully saturated rings. The van der Waals surface area contributed by atoms with Crippen molar-refractivity contribution in [2.45, 2.75) is 6.54 Å². The molecule has 0 radical (unpaired) electrons. The molecule has 0 saturated heterocycles. The number of hydrogen-bond acceptors (Lipinski definition) is 5. The Labute approximate surface area is 129 Å². The molecule has 0 N–H and O–H groups in total. The molecule has 22 heavy (non-hydrogen) atoms. The molecule has 1 aromatic carbocycles. The fourth-order valence-corrected chi connectivity index (χ4v) is 2.30. The first-order valence-corrected chi connectivity index (χ1v) is 6.90. The minimum atomic E-state index is -0.434. The Morgan fingerprint density at radius 3 is 3.00 bits per heavy atom. The average Bonchev–Trinajstić information content (AvgIpc) is 2.85. The van der Waals surface area contributed by atoms with Gasteiger partial charge in [-0.25, -0.2) is 4.79 Å². The van der Waals surface area contributed by atoms with Gasteiger partial charge in [0.15, 0.2) is 0 Å². The van der Waals surface area contributed by atoms with Crippen molar-refractivity contribution in [1.82, 2.24) is 9.80 Å². The van der Waals surface area contributed by atoms with Gasteiger partial charge in [-0.3, -0.25) is 9.79 Å². The van der Waals surface area contributed by atoms with Gasteiger partial charge >= 0.3 is 5.97 Å². The van der Waals surface area contributed by atoms with E-state index in [0.29, 0.717) is 30.8 Å². The Morgan fingerprint density at radius 2 is 2.32 bits per heavy atom. The second-order valence-corrected chi connectivity index (χ2v) is 5.05. The molecule has 1 aliphatic heterocycles. The van der Waals surface area contributed by atoms with Gasteiger partial charge < -0.3 is 14.5 Å². The maximum atomic E-state index is 12.4. The molecule has 0 aliphatic carbocycles. The van der Waals surface area contributed by atoms with Gasteiger partial charge in [-0.2, -0.15) is 0 Å². The second-order valence-electron chi connectivity index (χ2n) is 5.05. The lowest BCUT2D eigenvalue weighted by Gasteiger charge is -2.20. The molecule has 0 spiro atoms. The van der Waals surface area contributed by atoms with Gasteiger partial charge in [0.05, 0.1) is 12.7 Å². The number of likely N-dealkylation sites (N-methyl/N-ethyl adjacent to an activating group) is 1. The Hall–Kier alpha value is -2.63. The Morgan fingerprint density at radius 1 is 1.55 bits per heavy atom. The summed E-state index contributed by atoms with van der Waals surface area (Å²) < 4.78 is 4.68.